The van der Waals surface area contributed by atoms with Crippen molar-refractivity contribution < 1.29 is 4.79 Å². The predicted octanol–water partition coefficient (Wildman–Crippen LogP) is 3.34. The summed E-state index contributed by atoms with van der Waals surface area (Å²) in [6.07, 6.45) is 2.62. The number of rotatable bonds is 4. The summed E-state index contributed by atoms with van der Waals surface area (Å²) in [5.74, 6) is 0.417. The van der Waals surface area contributed by atoms with Crippen LogP contribution in [0.4, 0.5) is 5.82 Å². The number of carbonyl (C=O) groups is 1. The fraction of sp³-hybridized carbons (Fsp3) is 0.333. The van der Waals surface area contributed by atoms with Gasteiger partial charge in [0.25, 0.3) is 0 Å². The molecule has 0 aromatic carbocycles. The Hall–Kier alpha value is -2.76. The van der Waals surface area contributed by atoms with Crippen LogP contribution in [-0.4, -0.2) is 25.7 Å². The molecule has 0 fully saturated rings. The zero-order valence-electron chi connectivity index (χ0n) is 14.4. The number of hydrogen-bond acceptors (Lipinski definition) is 4. The van der Waals surface area contributed by atoms with Gasteiger partial charge in [-0.2, -0.15) is 5.10 Å². The van der Waals surface area contributed by atoms with E-state index in [0.717, 1.165) is 40.0 Å². The van der Waals surface area contributed by atoms with Crippen LogP contribution in [0.15, 0.2) is 24.4 Å². The molecule has 0 spiro atoms. The number of pyridine rings is 2. The number of nitrogens with zero attached hydrogens (tertiary/aromatic N) is 4. The van der Waals surface area contributed by atoms with Crippen molar-refractivity contribution in [1.29, 1.82) is 0 Å². The summed E-state index contributed by atoms with van der Waals surface area (Å²) in [6.45, 7) is 8.25. The number of nitrogens with one attached hydrogen (secondary N) is 1. The average Bonchev–Trinajstić information content (AvgIpc) is 2.90. The quantitative estimate of drug-likeness (QED) is 0.799. The van der Waals surface area contributed by atoms with Crippen molar-refractivity contribution in [2.24, 2.45) is 0 Å². The van der Waals surface area contributed by atoms with Gasteiger partial charge in [-0.1, -0.05) is 6.92 Å². The largest absolute Gasteiger partial charge is 0.309 e. The maximum Gasteiger partial charge on any atom is 0.222 e. The highest BCUT2D eigenvalue weighted by atomic mass is 16.1. The first-order chi connectivity index (χ1) is 11.5. The Morgan fingerprint density at radius 3 is 2.71 bits per heavy atom. The molecule has 3 aromatic rings. The summed E-state index contributed by atoms with van der Waals surface area (Å²) < 4.78 is 1.82. The van der Waals surface area contributed by atoms with Gasteiger partial charge in [0, 0.05) is 30.9 Å². The highest BCUT2D eigenvalue weighted by Gasteiger charge is 2.16. The minimum atomic E-state index is -0.140. The van der Waals surface area contributed by atoms with Gasteiger partial charge >= 0.3 is 0 Å². The molecule has 0 aliphatic heterocycles. The third-order valence-corrected chi connectivity index (χ3v) is 3.94. The van der Waals surface area contributed by atoms with Crippen LogP contribution in [0, 0.1) is 6.92 Å². The molecule has 0 aliphatic rings. The van der Waals surface area contributed by atoms with Gasteiger partial charge in [0.15, 0.2) is 11.5 Å². The highest BCUT2D eigenvalue weighted by Crippen LogP contribution is 2.30. The summed E-state index contributed by atoms with van der Waals surface area (Å²) in [5.41, 5.74) is 4.90. The summed E-state index contributed by atoms with van der Waals surface area (Å²) in [5, 5.41) is 8.15. The molecule has 24 heavy (non-hydrogen) atoms. The van der Waals surface area contributed by atoms with Crippen LogP contribution in [0.2, 0.25) is 0 Å². The summed E-state index contributed by atoms with van der Waals surface area (Å²) in [4.78, 5) is 20.6. The summed E-state index contributed by atoms with van der Waals surface area (Å²) in [7, 11) is 0. The zero-order chi connectivity index (χ0) is 17.3. The van der Waals surface area contributed by atoms with Gasteiger partial charge in [-0.15, -0.1) is 0 Å². The molecule has 0 unspecified atom stereocenters. The first-order valence-corrected chi connectivity index (χ1v) is 8.14. The third kappa shape index (κ3) is 2.87. The number of carbonyl (C=O) groups excluding carboxylic acids is 1. The second kappa shape index (κ2) is 6.39. The van der Waals surface area contributed by atoms with Crippen LogP contribution in [-0.2, 0) is 17.8 Å². The normalized spacial score (nSPS) is 11.0. The van der Waals surface area contributed by atoms with E-state index in [1.807, 2.05) is 30.7 Å². The predicted molar refractivity (Wildman–Crippen MR) is 94.9 cm³/mol. The number of aryl methyl sites for hydroxylation is 3. The van der Waals surface area contributed by atoms with E-state index < -0.39 is 0 Å². The van der Waals surface area contributed by atoms with Gasteiger partial charge in [0.05, 0.1) is 11.1 Å². The molecule has 3 rings (SSSR count). The first-order valence-electron chi connectivity index (χ1n) is 8.14. The summed E-state index contributed by atoms with van der Waals surface area (Å²) >= 11 is 0. The van der Waals surface area contributed by atoms with E-state index in [1.165, 1.54) is 6.92 Å². The number of hydrogen-bond donors (Lipinski definition) is 1. The van der Waals surface area contributed by atoms with E-state index in [-0.39, 0.29) is 5.91 Å². The van der Waals surface area contributed by atoms with Crippen molar-refractivity contribution in [2.45, 2.75) is 40.7 Å². The minimum Gasteiger partial charge on any atom is -0.309 e. The van der Waals surface area contributed by atoms with E-state index in [0.29, 0.717) is 12.4 Å². The van der Waals surface area contributed by atoms with Crippen LogP contribution < -0.4 is 5.32 Å². The molecule has 0 radical (unpaired) electrons. The number of anilines is 1. The SMILES string of the molecule is CCc1nc2c(cc1-c1ccnc(C)c1)c(NC(C)=O)nn2CC. The van der Waals surface area contributed by atoms with Crippen molar-refractivity contribution in [1.82, 2.24) is 19.7 Å². The smallest absolute Gasteiger partial charge is 0.222 e. The Bertz CT molecular complexity index is 913. The molecule has 3 heterocycles. The Morgan fingerprint density at radius 1 is 1.29 bits per heavy atom. The van der Waals surface area contributed by atoms with Gasteiger partial charge in [-0.25, -0.2) is 9.67 Å². The molecule has 0 saturated carbocycles. The molecule has 0 aliphatic carbocycles. The van der Waals surface area contributed by atoms with Crippen LogP contribution in [0.1, 0.15) is 32.2 Å². The molecule has 0 bridgehead atoms. The van der Waals surface area contributed by atoms with Crippen LogP contribution in [0.3, 0.4) is 0 Å². The van der Waals surface area contributed by atoms with Crippen molar-refractivity contribution in [3.05, 3.63) is 35.8 Å². The van der Waals surface area contributed by atoms with Crippen molar-refractivity contribution in [3.8, 4) is 11.1 Å². The van der Waals surface area contributed by atoms with Crippen LogP contribution in [0.25, 0.3) is 22.2 Å². The van der Waals surface area contributed by atoms with Crippen LogP contribution >= 0.6 is 0 Å². The molecule has 6 nitrogen and oxygen atoms in total. The lowest BCUT2D eigenvalue weighted by Gasteiger charge is -2.09. The Morgan fingerprint density at radius 2 is 2.08 bits per heavy atom. The number of amides is 1. The van der Waals surface area contributed by atoms with E-state index in [2.05, 4.69) is 28.4 Å². The Kier molecular flexibility index (Phi) is 4.29. The molecular formula is C18H21N5O. The van der Waals surface area contributed by atoms with Gasteiger partial charge < -0.3 is 5.32 Å². The van der Waals surface area contributed by atoms with Crippen molar-refractivity contribution >= 4 is 22.8 Å². The molecular weight excluding hydrogens is 302 g/mol. The second-order valence-corrected chi connectivity index (χ2v) is 5.74. The molecule has 3 aromatic heterocycles. The fourth-order valence-electron chi connectivity index (χ4n) is 2.85. The average molecular weight is 323 g/mol. The third-order valence-electron chi connectivity index (χ3n) is 3.94. The van der Waals surface area contributed by atoms with Crippen LogP contribution in [0.5, 0.6) is 0 Å². The van der Waals surface area contributed by atoms with Gasteiger partial charge in [0.1, 0.15) is 0 Å². The molecule has 0 saturated heterocycles. The lowest BCUT2D eigenvalue weighted by Crippen LogP contribution is -2.07. The zero-order valence-corrected chi connectivity index (χ0v) is 14.4. The lowest BCUT2D eigenvalue weighted by atomic mass is 10.0. The topological polar surface area (TPSA) is 72.7 Å². The molecule has 0 atom stereocenters. The van der Waals surface area contributed by atoms with Gasteiger partial charge in [-0.05, 0) is 44.0 Å². The molecule has 1 amide bonds. The lowest BCUT2D eigenvalue weighted by molar-refractivity contribution is -0.114. The fourth-order valence-corrected chi connectivity index (χ4v) is 2.85. The monoisotopic (exact) mass is 323 g/mol. The molecule has 124 valence electrons. The maximum absolute atomic E-state index is 11.5. The summed E-state index contributed by atoms with van der Waals surface area (Å²) in [6, 6.07) is 6.10. The molecule has 1 N–H and O–H groups in total. The van der Waals surface area contributed by atoms with Crippen molar-refractivity contribution in [3.63, 3.8) is 0 Å². The second-order valence-electron chi connectivity index (χ2n) is 5.74. The number of aromatic nitrogens is 4. The van der Waals surface area contributed by atoms with Gasteiger partial charge in [-0.3, -0.25) is 9.78 Å². The van der Waals surface area contributed by atoms with E-state index in [1.54, 1.807) is 6.20 Å². The van der Waals surface area contributed by atoms with E-state index >= 15 is 0 Å². The highest BCUT2D eigenvalue weighted by molar-refractivity contribution is 5.99. The van der Waals surface area contributed by atoms with E-state index in [9.17, 15) is 4.79 Å². The maximum atomic E-state index is 11.5. The minimum absolute atomic E-state index is 0.140. The van der Waals surface area contributed by atoms with Gasteiger partial charge in [0.2, 0.25) is 5.91 Å². The standard InChI is InChI=1S/C18H21N5O/c1-5-16-14(13-7-8-19-11(3)9-13)10-15-17(20-12(4)24)22-23(6-2)18(15)21-16/h7-10H,5-6H2,1-4H3,(H,20,22,24). The molecule has 6 heteroatoms. The number of fused-ring (bicyclic) bond motifs is 1. The van der Waals surface area contributed by atoms with E-state index in [4.69, 9.17) is 4.98 Å². The van der Waals surface area contributed by atoms with Crippen molar-refractivity contribution in [2.75, 3.05) is 5.32 Å². The Balaban J connectivity index is 2.28. The first kappa shape index (κ1) is 16.1. The Labute approximate surface area is 140 Å².